The van der Waals surface area contributed by atoms with Crippen LogP contribution < -0.4 is 0 Å². The Labute approximate surface area is 105 Å². The number of nitrogens with zero attached hydrogens (tertiary/aromatic N) is 1. The van der Waals surface area contributed by atoms with Crippen molar-refractivity contribution in [1.82, 2.24) is 4.98 Å². The second kappa shape index (κ2) is 4.27. The van der Waals surface area contributed by atoms with Gasteiger partial charge in [0.25, 0.3) is 0 Å². The van der Waals surface area contributed by atoms with Crippen molar-refractivity contribution in [2.24, 2.45) is 5.92 Å². The Hall–Kier alpha value is -1.13. The molecule has 2 rings (SSSR count). The number of hydrogen-bond donors (Lipinski definition) is 1. The molecule has 0 aromatic carbocycles. The summed E-state index contributed by atoms with van der Waals surface area (Å²) < 4.78 is 4.62. The summed E-state index contributed by atoms with van der Waals surface area (Å²) in [7, 11) is 1.31. The molecule has 1 aromatic rings. The smallest absolute Gasteiger partial charge is 0.308 e. The molecule has 1 heterocycles. The number of rotatable bonds is 2. The van der Waals surface area contributed by atoms with Gasteiger partial charge in [-0.1, -0.05) is 24.6 Å². The molecule has 92 valence electrons. The van der Waals surface area contributed by atoms with E-state index in [2.05, 4.69) is 9.72 Å². The fourth-order valence-corrected chi connectivity index (χ4v) is 2.48. The van der Waals surface area contributed by atoms with Crippen LogP contribution in [0.15, 0.2) is 12.1 Å². The molecule has 1 N–H and O–H groups in total. The van der Waals surface area contributed by atoms with E-state index >= 15 is 0 Å². The van der Waals surface area contributed by atoms with Gasteiger partial charge in [0.05, 0.1) is 13.5 Å². The minimum atomic E-state index is -1.19. The second-order valence-electron chi connectivity index (χ2n) is 4.41. The largest absolute Gasteiger partial charge is 0.469 e. The van der Waals surface area contributed by atoms with Crippen molar-refractivity contribution in [3.63, 3.8) is 0 Å². The van der Waals surface area contributed by atoms with Crippen LogP contribution in [0.5, 0.6) is 0 Å². The van der Waals surface area contributed by atoms with Gasteiger partial charge in [-0.15, -0.1) is 0 Å². The number of hydrogen-bond acceptors (Lipinski definition) is 4. The zero-order chi connectivity index (χ0) is 12.6. The number of pyridine rings is 1. The van der Waals surface area contributed by atoms with E-state index in [0.29, 0.717) is 17.1 Å². The first-order valence-electron chi connectivity index (χ1n) is 5.42. The van der Waals surface area contributed by atoms with E-state index in [4.69, 9.17) is 11.6 Å². The first kappa shape index (κ1) is 12.3. The Bertz CT molecular complexity index is 463. The zero-order valence-corrected chi connectivity index (χ0v) is 10.5. The molecule has 0 spiro atoms. The van der Waals surface area contributed by atoms with Crippen LogP contribution in [0.25, 0.3) is 0 Å². The molecular weight excluding hydrogens is 242 g/mol. The van der Waals surface area contributed by atoms with Gasteiger partial charge in [0.15, 0.2) is 0 Å². The van der Waals surface area contributed by atoms with Crippen molar-refractivity contribution >= 4 is 17.6 Å². The number of esters is 1. The van der Waals surface area contributed by atoms with E-state index in [1.165, 1.54) is 7.11 Å². The van der Waals surface area contributed by atoms with Crippen molar-refractivity contribution < 1.29 is 14.6 Å². The molecule has 1 aromatic heterocycles. The maximum atomic E-state index is 11.4. The van der Waals surface area contributed by atoms with Crippen LogP contribution in [0.2, 0.25) is 5.15 Å². The summed E-state index contributed by atoms with van der Waals surface area (Å²) in [5.41, 5.74) is 0.246. The second-order valence-corrected chi connectivity index (χ2v) is 4.80. The van der Waals surface area contributed by atoms with Gasteiger partial charge in [-0.2, -0.15) is 0 Å². The first-order chi connectivity index (χ1) is 7.97. The number of halogens is 1. The fraction of sp³-hybridized carbons (Fsp3) is 0.500. The van der Waals surface area contributed by atoms with Crippen LogP contribution in [0.4, 0.5) is 0 Å². The van der Waals surface area contributed by atoms with Gasteiger partial charge >= 0.3 is 5.97 Å². The predicted molar refractivity (Wildman–Crippen MR) is 62.6 cm³/mol. The monoisotopic (exact) mass is 255 g/mol. The lowest BCUT2D eigenvalue weighted by molar-refractivity contribution is -0.148. The van der Waals surface area contributed by atoms with Crippen LogP contribution >= 0.6 is 11.6 Å². The summed E-state index contributed by atoms with van der Waals surface area (Å²) in [5, 5.41) is 11.0. The number of carbonyl (C=O) groups excluding carboxylic acids is 1. The van der Waals surface area contributed by atoms with Crippen LogP contribution in [0, 0.1) is 5.92 Å². The van der Waals surface area contributed by atoms with E-state index in [1.54, 1.807) is 12.1 Å². The Morgan fingerprint density at radius 1 is 1.71 bits per heavy atom. The van der Waals surface area contributed by atoms with Crippen LogP contribution in [-0.4, -0.2) is 23.2 Å². The van der Waals surface area contributed by atoms with Gasteiger partial charge in [0.2, 0.25) is 0 Å². The van der Waals surface area contributed by atoms with Crippen LogP contribution in [0.3, 0.4) is 0 Å². The van der Waals surface area contributed by atoms with Gasteiger partial charge in [0, 0.05) is 11.3 Å². The fourth-order valence-electron chi connectivity index (χ4n) is 2.31. The Kier molecular flexibility index (Phi) is 3.10. The summed E-state index contributed by atoms with van der Waals surface area (Å²) in [6.45, 7) is 1.89. The van der Waals surface area contributed by atoms with Gasteiger partial charge < -0.3 is 9.84 Å². The summed E-state index contributed by atoms with van der Waals surface area (Å²) in [4.78, 5) is 15.6. The highest BCUT2D eigenvalue weighted by molar-refractivity contribution is 6.29. The maximum absolute atomic E-state index is 11.4. The van der Waals surface area contributed by atoms with E-state index in [-0.39, 0.29) is 12.3 Å². The summed E-state index contributed by atoms with van der Waals surface area (Å²) in [5.74, 6) is -0.510. The predicted octanol–water partition coefficient (Wildman–Crippen LogP) is 1.68. The molecule has 5 heteroatoms. The van der Waals surface area contributed by atoms with Crippen molar-refractivity contribution in [2.75, 3.05) is 7.11 Å². The number of methoxy groups -OCH3 is 1. The van der Waals surface area contributed by atoms with Gasteiger partial charge in [-0.25, -0.2) is 4.98 Å². The highest BCUT2D eigenvalue weighted by Gasteiger charge is 2.45. The van der Waals surface area contributed by atoms with E-state index in [0.717, 1.165) is 5.69 Å². The third kappa shape index (κ3) is 2.03. The highest BCUT2D eigenvalue weighted by Crippen LogP contribution is 2.43. The summed E-state index contributed by atoms with van der Waals surface area (Å²) in [6.07, 6.45) is 0.560. The molecule has 1 aliphatic carbocycles. The number of aliphatic hydroxyl groups is 1. The molecule has 2 unspecified atom stereocenters. The minimum absolute atomic E-state index is 0.0546. The number of carbonyl (C=O) groups is 1. The Morgan fingerprint density at radius 3 is 3.06 bits per heavy atom. The first-order valence-corrected chi connectivity index (χ1v) is 5.80. The zero-order valence-electron chi connectivity index (χ0n) is 9.74. The number of aromatic nitrogens is 1. The Morgan fingerprint density at radius 2 is 2.41 bits per heavy atom. The third-order valence-electron chi connectivity index (χ3n) is 3.36. The normalized spacial score (nSPS) is 26.7. The number of ether oxygens (including phenoxy) is 1. The minimum Gasteiger partial charge on any atom is -0.469 e. The van der Waals surface area contributed by atoms with Crippen molar-refractivity contribution in [3.8, 4) is 0 Å². The van der Waals surface area contributed by atoms with Crippen LogP contribution in [-0.2, 0) is 21.6 Å². The van der Waals surface area contributed by atoms with Crippen molar-refractivity contribution in [2.45, 2.75) is 25.4 Å². The van der Waals surface area contributed by atoms with Gasteiger partial charge in [0.1, 0.15) is 10.8 Å². The third-order valence-corrected chi connectivity index (χ3v) is 3.57. The average molecular weight is 256 g/mol. The summed E-state index contributed by atoms with van der Waals surface area (Å²) in [6, 6.07) is 3.36. The molecule has 17 heavy (non-hydrogen) atoms. The average Bonchev–Trinajstić information content (AvgIpc) is 2.50. The van der Waals surface area contributed by atoms with Crippen LogP contribution in [0.1, 0.15) is 24.6 Å². The molecule has 0 saturated carbocycles. The molecule has 4 nitrogen and oxygen atoms in total. The molecule has 0 aliphatic heterocycles. The summed E-state index contributed by atoms with van der Waals surface area (Å²) >= 11 is 5.81. The maximum Gasteiger partial charge on any atom is 0.308 e. The molecular formula is C12H14ClNO3. The van der Waals surface area contributed by atoms with E-state index in [1.807, 2.05) is 6.92 Å². The highest BCUT2D eigenvalue weighted by atomic mass is 35.5. The SMILES string of the molecule is COC(=O)CC1(O)c2ccc(Cl)nc2CC1C. The number of fused-ring (bicyclic) bond motifs is 1. The molecule has 0 bridgehead atoms. The standard InChI is InChI=1S/C12H14ClNO3/c1-7-5-9-8(3-4-10(13)14-9)12(7,16)6-11(15)17-2/h3-4,7,16H,5-6H2,1-2H3. The van der Waals surface area contributed by atoms with Gasteiger partial charge in [-0.05, 0) is 18.4 Å². The topological polar surface area (TPSA) is 59.4 Å². The molecule has 2 atom stereocenters. The lowest BCUT2D eigenvalue weighted by atomic mass is 9.86. The quantitative estimate of drug-likeness (QED) is 0.645. The van der Waals surface area contributed by atoms with Crippen molar-refractivity contribution in [3.05, 3.63) is 28.5 Å². The van der Waals surface area contributed by atoms with E-state index < -0.39 is 11.6 Å². The lowest BCUT2D eigenvalue weighted by Crippen LogP contribution is -2.33. The molecule has 0 amide bonds. The Balaban J connectivity index is 2.39. The van der Waals surface area contributed by atoms with Crippen molar-refractivity contribution in [1.29, 1.82) is 0 Å². The lowest BCUT2D eigenvalue weighted by Gasteiger charge is -2.27. The molecule has 1 aliphatic rings. The van der Waals surface area contributed by atoms with E-state index in [9.17, 15) is 9.90 Å². The van der Waals surface area contributed by atoms with Gasteiger partial charge in [-0.3, -0.25) is 4.79 Å². The molecule has 0 fully saturated rings. The molecule has 0 saturated heterocycles. The molecule has 0 radical (unpaired) electrons.